The number of aryl methyl sites for hydroxylation is 1. The molecule has 7 heteroatoms. The van der Waals surface area contributed by atoms with Crippen molar-refractivity contribution in [2.24, 2.45) is 5.41 Å². The van der Waals surface area contributed by atoms with Crippen LogP contribution in [0.15, 0.2) is 54.7 Å². The zero-order valence-corrected chi connectivity index (χ0v) is 21.1. The molecule has 1 spiro atoms. The molecule has 3 saturated heterocycles. The van der Waals surface area contributed by atoms with Gasteiger partial charge in [0.05, 0.1) is 18.8 Å². The summed E-state index contributed by atoms with van der Waals surface area (Å²) in [6.45, 7) is 7.62. The Hall–Kier alpha value is -3.19. The van der Waals surface area contributed by atoms with Crippen LogP contribution in [0.3, 0.4) is 0 Å². The second-order valence-electron chi connectivity index (χ2n) is 10.8. The van der Waals surface area contributed by atoms with E-state index < -0.39 is 0 Å². The lowest BCUT2D eigenvalue weighted by atomic mass is 9.71. The van der Waals surface area contributed by atoms with E-state index in [2.05, 4.69) is 40.3 Å². The lowest BCUT2D eigenvalue weighted by Gasteiger charge is -2.55. The Kier molecular flexibility index (Phi) is 6.25. The summed E-state index contributed by atoms with van der Waals surface area (Å²) in [6.07, 6.45) is 7.94. The van der Waals surface area contributed by atoms with Gasteiger partial charge >= 0.3 is 0 Å². The molecule has 7 nitrogen and oxygen atoms in total. The number of anilines is 1. The Morgan fingerprint density at radius 2 is 1.89 bits per heavy atom. The molecule has 3 fully saturated rings. The zero-order chi connectivity index (χ0) is 24.5. The van der Waals surface area contributed by atoms with Crippen molar-refractivity contribution < 1.29 is 9.53 Å². The minimum atomic E-state index is 0.163. The number of carbonyl (C=O) groups is 1. The fraction of sp³-hybridized carbons (Fsp3) is 0.483. The Labute approximate surface area is 213 Å². The smallest absolute Gasteiger partial charge is 0.253 e. The van der Waals surface area contributed by atoms with Gasteiger partial charge in [0, 0.05) is 55.0 Å². The lowest BCUT2D eigenvalue weighted by Crippen LogP contribution is -2.61. The maximum atomic E-state index is 12.8. The first-order valence-electron chi connectivity index (χ1n) is 13.3. The second kappa shape index (κ2) is 9.69. The molecule has 6 rings (SSSR count). The molecule has 1 unspecified atom stereocenters. The summed E-state index contributed by atoms with van der Waals surface area (Å²) >= 11 is 0. The molecule has 0 bridgehead atoms. The Balaban J connectivity index is 1.05. The normalized spacial score (nSPS) is 21.4. The third kappa shape index (κ3) is 4.64. The number of rotatable bonds is 5. The first kappa shape index (κ1) is 23.2. The van der Waals surface area contributed by atoms with Crippen molar-refractivity contribution in [3.05, 3.63) is 65.9 Å². The average molecular weight is 486 g/mol. The van der Waals surface area contributed by atoms with Gasteiger partial charge in [-0.2, -0.15) is 0 Å². The maximum Gasteiger partial charge on any atom is 0.253 e. The number of nitrogens with zero attached hydrogens (tertiary/aromatic N) is 5. The molecule has 188 valence electrons. The topological polar surface area (TPSA) is 63.5 Å². The van der Waals surface area contributed by atoms with E-state index >= 15 is 0 Å². The van der Waals surface area contributed by atoms with Crippen molar-refractivity contribution in [3.8, 4) is 11.3 Å². The highest BCUT2D eigenvalue weighted by Gasteiger charge is 2.45. The minimum Gasteiger partial charge on any atom is -0.376 e. The Morgan fingerprint density at radius 1 is 1.08 bits per heavy atom. The largest absolute Gasteiger partial charge is 0.376 e. The molecule has 36 heavy (non-hydrogen) atoms. The van der Waals surface area contributed by atoms with Crippen LogP contribution in [-0.4, -0.2) is 64.7 Å². The summed E-state index contributed by atoms with van der Waals surface area (Å²) in [5.41, 5.74) is 5.68. The Morgan fingerprint density at radius 3 is 2.61 bits per heavy atom. The highest BCUT2D eigenvalue weighted by atomic mass is 16.5. The maximum absolute atomic E-state index is 12.8. The number of likely N-dealkylation sites (tertiary alicyclic amines) is 1. The van der Waals surface area contributed by atoms with Crippen LogP contribution >= 0.6 is 0 Å². The van der Waals surface area contributed by atoms with Gasteiger partial charge in [-0.3, -0.25) is 4.79 Å². The fourth-order valence-electron chi connectivity index (χ4n) is 6.01. The standard InChI is InChI=1S/C29H35N5O2/c1-22-17-24(10-11-26(22)27-19-34(31-30-27)18-25-9-5-6-16-36-25)33-20-29(21-33)12-14-32(15-13-29)28(35)23-7-3-2-4-8-23/h2-4,7-8,10-11,17,19,25H,5-6,9,12-16,18,20-21H2,1H3. The van der Waals surface area contributed by atoms with Crippen LogP contribution in [0.1, 0.15) is 48.0 Å². The number of hydrogen-bond donors (Lipinski definition) is 0. The monoisotopic (exact) mass is 485 g/mol. The quantitative estimate of drug-likeness (QED) is 0.530. The van der Waals surface area contributed by atoms with E-state index in [1.54, 1.807) is 0 Å². The van der Waals surface area contributed by atoms with Gasteiger partial charge in [-0.1, -0.05) is 29.5 Å². The average Bonchev–Trinajstić information content (AvgIpc) is 3.36. The molecular formula is C29H35N5O2. The molecule has 3 aliphatic heterocycles. The van der Waals surface area contributed by atoms with Gasteiger partial charge in [-0.15, -0.1) is 5.10 Å². The molecule has 3 aliphatic rings. The first-order chi connectivity index (χ1) is 17.6. The number of carbonyl (C=O) groups excluding carboxylic acids is 1. The fourth-order valence-corrected chi connectivity index (χ4v) is 6.01. The van der Waals surface area contributed by atoms with Crippen molar-refractivity contribution >= 4 is 11.6 Å². The lowest BCUT2D eigenvalue weighted by molar-refractivity contribution is 0.00370. The summed E-state index contributed by atoms with van der Waals surface area (Å²) in [4.78, 5) is 17.3. The minimum absolute atomic E-state index is 0.163. The van der Waals surface area contributed by atoms with E-state index in [1.165, 1.54) is 17.7 Å². The molecular weight excluding hydrogens is 450 g/mol. The number of hydrogen-bond acceptors (Lipinski definition) is 5. The van der Waals surface area contributed by atoms with Crippen molar-refractivity contribution in [1.82, 2.24) is 19.9 Å². The van der Waals surface area contributed by atoms with Crippen LogP contribution in [0.2, 0.25) is 0 Å². The van der Waals surface area contributed by atoms with Gasteiger partial charge in [0.2, 0.25) is 0 Å². The summed E-state index contributed by atoms with van der Waals surface area (Å²) in [5, 5.41) is 8.80. The van der Waals surface area contributed by atoms with Crippen LogP contribution in [0.25, 0.3) is 11.3 Å². The molecule has 0 radical (unpaired) electrons. The van der Waals surface area contributed by atoms with Gasteiger partial charge < -0.3 is 14.5 Å². The zero-order valence-electron chi connectivity index (χ0n) is 21.1. The molecule has 3 aromatic rings. The summed E-state index contributed by atoms with van der Waals surface area (Å²) in [6, 6.07) is 16.3. The molecule has 1 aromatic heterocycles. The number of aromatic nitrogens is 3. The molecule has 1 atom stereocenters. The third-order valence-electron chi connectivity index (χ3n) is 8.24. The predicted octanol–water partition coefficient (Wildman–Crippen LogP) is 4.57. The Bertz CT molecular complexity index is 1200. The van der Waals surface area contributed by atoms with Crippen LogP contribution < -0.4 is 4.90 Å². The van der Waals surface area contributed by atoms with Crippen molar-refractivity contribution in [2.75, 3.05) is 37.7 Å². The van der Waals surface area contributed by atoms with Crippen LogP contribution in [0, 0.1) is 12.3 Å². The number of amides is 1. The van der Waals surface area contributed by atoms with Crippen molar-refractivity contribution in [2.45, 2.75) is 51.7 Å². The molecule has 0 aliphatic carbocycles. The van der Waals surface area contributed by atoms with Crippen molar-refractivity contribution in [1.29, 1.82) is 0 Å². The SMILES string of the molecule is Cc1cc(N2CC3(CCN(C(=O)c4ccccc4)CC3)C2)ccc1-c1cn(CC2CCCCO2)nn1. The number of benzene rings is 2. The third-order valence-corrected chi connectivity index (χ3v) is 8.24. The molecule has 0 N–H and O–H groups in total. The second-order valence-corrected chi connectivity index (χ2v) is 10.8. The summed E-state index contributed by atoms with van der Waals surface area (Å²) in [7, 11) is 0. The van der Waals surface area contributed by atoms with E-state index in [1.807, 2.05) is 46.1 Å². The van der Waals surface area contributed by atoms with Crippen molar-refractivity contribution in [3.63, 3.8) is 0 Å². The molecule has 4 heterocycles. The van der Waals surface area contributed by atoms with Crippen LogP contribution in [0.5, 0.6) is 0 Å². The predicted molar refractivity (Wildman–Crippen MR) is 140 cm³/mol. The van der Waals surface area contributed by atoms with E-state index in [0.717, 1.165) is 81.8 Å². The number of piperidine rings is 1. The highest BCUT2D eigenvalue weighted by molar-refractivity contribution is 5.94. The molecule has 2 aromatic carbocycles. The van der Waals surface area contributed by atoms with Gasteiger partial charge in [0.15, 0.2) is 0 Å². The van der Waals surface area contributed by atoms with E-state index in [0.29, 0.717) is 5.41 Å². The van der Waals surface area contributed by atoms with Crippen LogP contribution in [-0.2, 0) is 11.3 Å². The molecule has 1 amide bonds. The first-order valence-corrected chi connectivity index (χ1v) is 13.3. The van der Waals surface area contributed by atoms with Gasteiger partial charge in [0.25, 0.3) is 5.91 Å². The number of ether oxygens (including phenoxy) is 1. The van der Waals surface area contributed by atoms with Gasteiger partial charge in [-0.05, 0) is 68.9 Å². The van der Waals surface area contributed by atoms with E-state index in [-0.39, 0.29) is 12.0 Å². The van der Waals surface area contributed by atoms with Crippen LogP contribution in [0.4, 0.5) is 5.69 Å². The summed E-state index contributed by atoms with van der Waals surface area (Å²) < 4.78 is 7.78. The highest BCUT2D eigenvalue weighted by Crippen LogP contribution is 2.43. The van der Waals surface area contributed by atoms with E-state index in [9.17, 15) is 4.79 Å². The summed E-state index contributed by atoms with van der Waals surface area (Å²) in [5.74, 6) is 0.163. The molecule has 0 saturated carbocycles. The van der Waals surface area contributed by atoms with Gasteiger partial charge in [0.1, 0.15) is 5.69 Å². The van der Waals surface area contributed by atoms with Gasteiger partial charge in [-0.25, -0.2) is 4.68 Å². The van der Waals surface area contributed by atoms with E-state index in [4.69, 9.17) is 4.74 Å².